The number of ether oxygens (including phenoxy) is 1. The van der Waals surface area contributed by atoms with Gasteiger partial charge in [-0.2, -0.15) is 0 Å². The van der Waals surface area contributed by atoms with E-state index >= 15 is 0 Å². The first-order valence-electron chi connectivity index (χ1n) is 7.84. The van der Waals surface area contributed by atoms with Crippen molar-refractivity contribution in [2.45, 2.75) is 30.4 Å². The van der Waals surface area contributed by atoms with E-state index in [1.165, 1.54) is 24.3 Å². The second-order valence-electron chi connectivity index (χ2n) is 5.59. The molecule has 0 bridgehead atoms. The number of aliphatic hydroxyl groups excluding tert-OH is 1. The molecular weight excluding hydrogens is 342 g/mol. The van der Waals surface area contributed by atoms with Gasteiger partial charge in [0.25, 0.3) is 0 Å². The summed E-state index contributed by atoms with van der Waals surface area (Å²) in [4.78, 5) is 11.4. The van der Waals surface area contributed by atoms with Gasteiger partial charge in [0.2, 0.25) is 0 Å². The zero-order chi connectivity index (χ0) is 18.4. The monoisotopic (exact) mass is 363 g/mol. The minimum atomic E-state index is -3.33. The van der Waals surface area contributed by atoms with Gasteiger partial charge in [0.15, 0.2) is 15.9 Å². The summed E-state index contributed by atoms with van der Waals surface area (Å²) in [6, 6.07) is 15.1. The summed E-state index contributed by atoms with van der Waals surface area (Å²) < 4.78 is 28.8. The van der Waals surface area contributed by atoms with E-state index in [-0.39, 0.29) is 17.1 Å². The van der Waals surface area contributed by atoms with Gasteiger partial charge in [0.05, 0.1) is 16.8 Å². The van der Waals surface area contributed by atoms with Crippen LogP contribution in [0.1, 0.15) is 24.2 Å². The first kappa shape index (κ1) is 19.0. The number of nitrogens with two attached hydrogens (primary N) is 1. The van der Waals surface area contributed by atoms with E-state index in [9.17, 15) is 18.3 Å². The van der Waals surface area contributed by atoms with Crippen molar-refractivity contribution in [3.8, 4) is 0 Å². The standard InChI is InChI=1S/C18H21NO5S/c1-2-25(22,23)15-10-8-14(9-11-15)17(24-18(19)21)16(20)12-13-6-4-3-5-7-13/h3-11,16-17,20H,2,12H2,1H3,(H2,19,21). The molecule has 25 heavy (non-hydrogen) atoms. The maximum atomic E-state index is 11.9. The van der Waals surface area contributed by atoms with Gasteiger partial charge in [-0.15, -0.1) is 0 Å². The number of hydrogen-bond donors (Lipinski definition) is 2. The van der Waals surface area contributed by atoms with Crippen LogP contribution in [0.4, 0.5) is 4.79 Å². The topological polar surface area (TPSA) is 107 Å². The molecule has 0 radical (unpaired) electrons. The Morgan fingerprint density at radius 3 is 2.24 bits per heavy atom. The fraction of sp³-hybridized carbons (Fsp3) is 0.278. The van der Waals surface area contributed by atoms with Crippen molar-refractivity contribution in [2.24, 2.45) is 5.73 Å². The fourth-order valence-corrected chi connectivity index (χ4v) is 3.37. The molecule has 2 rings (SSSR count). The van der Waals surface area contributed by atoms with Crippen molar-refractivity contribution in [3.63, 3.8) is 0 Å². The van der Waals surface area contributed by atoms with E-state index in [1.54, 1.807) is 6.92 Å². The third-order valence-electron chi connectivity index (χ3n) is 3.83. The van der Waals surface area contributed by atoms with E-state index in [1.807, 2.05) is 30.3 Å². The molecule has 0 aromatic heterocycles. The van der Waals surface area contributed by atoms with Crippen LogP contribution < -0.4 is 5.73 Å². The minimum Gasteiger partial charge on any atom is -0.439 e. The summed E-state index contributed by atoms with van der Waals surface area (Å²) >= 11 is 0. The fourth-order valence-electron chi connectivity index (χ4n) is 2.49. The van der Waals surface area contributed by atoms with Crippen molar-refractivity contribution < 1.29 is 23.1 Å². The van der Waals surface area contributed by atoms with E-state index in [0.29, 0.717) is 5.56 Å². The normalized spacial score (nSPS) is 13.8. The van der Waals surface area contributed by atoms with Crippen LogP contribution in [-0.2, 0) is 21.0 Å². The van der Waals surface area contributed by atoms with Crippen LogP contribution in [0.2, 0.25) is 0 Å². The molecule has 0 aliphatic carbocycles. The highest BCUT2D eigenvalue weighted by Gasteiger charge is 2.25. The quantitative estimate of drug-likeness (QED) is 0.784. The Balaban J connectivity index is 2.26. The van der Waals surface area contributed by atoms with Crippen LogP contribution in [0.25, 0.3) is 0 Å². The molecule has 0 spiro atoms. The molecule has 1 amide bonds. The van der Waals surface area contributed by atoms with Crippen LogP contribution >= 0.6 is 0 Å². The van der Waals surface area contributed by atoms with Crippen molar-refractivity contribution in [2.75, 3.05) is 5.75 Å². The lowest BCUT2D eigenvalue weighted by Gasteiger charge is -2.23. The van der Waals surface area contributed by atoms with Gasteiger partial charge in [-0.3, -0.25) is 0 Å². The highest BCUT2D eigenvalue weighted by Crippen LogP contribution is 2.25. The molecule has 0 saturated heterocycles. The first-order valence-corrected chi connectivity index (χ1v) is 9.49. The van der Waals surface area contributed by atoms with E-state index < -0.39 is 28.1 Å². The number of aliphatic hydroxyl groups is 1. The molecule has 0 aliphatic rings. The van der Waals surface area contributed by atoms with E-state index in [4.69, 9.17) is 10.5 Å². The number of rotatable bonds is 7. The van der Waals surface area contributed by atoms with Crippen molar-refractivity contribution in [1.82, 2.24) is 0 Å². The Morgan fingerprint density at radius 2 is 1.72 bits per heavy atom. The first-order chi connectivity index (χ1) is 11.8. The second kappa shape index (κ2) is 8.13. The predicted octanol–water partition coefficient (Wildman–Crippen LogP) is 2.22. The van der Waals surface area contributed by atoms with Gasteiger partial charge in [-0.05, 0) is 23.3 Å². The molecule has 134 valence electrons. The van der Waals surface area contributed by atoms with E-state index in [2.05, 4.69) is 0 Å². The molecule has 2 unspecified atom stereocenters. The van der Waals surface area contributed by atoms with Gasteiger partial charge < -0.3 is 15.6 Å². The van der Waals surface area contributed by atoms with Gasteiger partial charge in [0.1, 0.15) is 0 Å². The Morgan fingerprint density at radius 1 is 1.12 bits per heavy atom. The summed E-state index contributed by atoms with van der Waals surface area (Å²) in [6.07, 6.45) is -2.77. The number of carbonyl (C=O) groups excluding carboxylic acids is 1. The Labute approximate surface area is 147 Å². The van der Waals surface area contributed by atoms with Crippen LogP contribution in [0.3, 0.4) is 0 Å². The highest BCUT2D eigenvalue weighted by atomic mass is 32.2. The molecule has 0 saturated carbocycles. The summed E-state index contributed by atoms with van der Waals surface area (Å²) in [5.41, 5.74) is 6.46. The lowest BCUT2D eigenvalue weighted by molar-refractivity contribution is 0.00535. The van der Waals surface area contributed by atoms with E-state index in [0.717, 1.165) is 5.56 Å². The number of benzene rings is 2. The number of primary amides is 1. The molecule has 2 aromatic rings. The SMILES string of the molecule is CCS(=O)(=O)c1ccc(C(OC(N)=O)C(O)Cc2ccccc2)cc1. The van der Waals surface area contributed by atoms with Gasteiger partial charge in [0, 0.05) is 6.42 Å². The average molecular weight is 363 g/mol. The maximum Gasteiger partial charge on any atom is 0.405 e. The maximum absolute atomic E-state index is 11.9. The van der Waals surface area contributed by atoms with Crippen molar-refractivity contribution in [3.05, 3.63) is 65.7 Å². The molecule has 0 heterocycles. The molecular formula is C18H21NO5S. The summed E-state index contributed by atoms with van der Waals surface area (Å²) in [6.45, 7) is 1.56. The smallest absolute Gasteiger partial charge is 0.405 e. The highest BCUT2D eigenvalue weighted by molar-refractivity contribution is 7.91. The summed E-state index contributed by atoms with van der Waals surface area (Å²) in [7, 11) is -3.33. The van der Waals surface area contributed by atoms with Gasteiger partial charge >= 0.3 is 6.09 Å². The number of hydrogen-bond acceptors (Lipinski definition) is 5. The summed E-state index contributed by atoms with van der Waals surface area (Å²) in [5, 5.41) is 10.5. The molecule has 2 atom stereocenters. The molecule has 3 N–H and O–H groups in total. The lowest BCUT2D eigenvalue weighted by atomic mass is 9.98. The minimum absolute atomic E-state index is 0.00973. The third-order valence-corrected chi connectivity index (χ3v) is 5.58. The molecule has 0 fully saturated rings. The van der Waals surface area contributed by atoms with Crippen LogP contribution in [0.15, 0.2) is 59.5 Å². The van der Waals surface area contributed by atoms with Gasteiger partial charge in [-0.25, -0.2) is 13.2 Å². The average Bonchev–Trinajstić information content (AvgIpc) is 2.60. The Bertz CT molecular complexity index is 803. The Kier molecular flexibility index (Phi) is 6.17. The molecule has 7 heteroatoms. The molecule has 2 aromatic carbocycles. The van der Waals surface area contributed by atoms with Gasteiger partial charge in [-0.1, -0.05) is 49.4 Å². The number of sulfone groups is 1. The van der Waals surface area contributed by atoms with Crippen LogP contribution in [-0.4, -0.2) is 31.5 Å². The summed E-state index contributed by atoms with van der Waals surface area (Å²) in [5.74, 6) is -0.00973. The number of amides is 1. The molecule has 0 aliphatic heterocycles. The largest absolute Gasteiger partial charge is 0.439 e. The van der Waals surface area contributed by atoms with Crippen LogP contribution in [0.5, 0.6) is 0 Å². The zero-order valence-corrected chi connectivity index (χ0v) is 14.6. The second-order valence-corrected chi connectivity index (χ2v) is 7.87. The predicted molar refractivity (Wildman–Crippen MR) is 93.7 cm³/mol. The number of carbonyl (C=O) groups is 1. The van der Waals surface area contributed by atoms with Crippen LogP contribution in [0, 0.1) is 0 Å². The lowest BCUT2D eigenvalue weighted by Crippen LogP contribution is -2.28. The third kappa shape index (κ3) is 5.04. The molecule has 6 nitrogen and oxygen atoms in total. The zero-order valence-electron chi connectivity index (χ0n) is 13.8. The Hall–Kier alpha value is -2.38. The van der Waals surface area contributed by atoms with Crippen molar-refractivity contribution >= 4 is 15.9 Å². The van der Waals surface area contributed by atoms with Crippen molar-refractivity contribution in [1.29, 1.82) is 0 Å².